The monoisotopic (exact) mass is 309 g/mol. The Morgan fingerprint density at radius 3 is 2.36 bits per heavy atom. The van der Waals surface area contributed by atoms with Gasteiger partial charge in [-0.15, -0.1) is 0 Å². The number of rotatable bonds is 10. The SMILES string of the molecule is CCCCN(CC)CC(CC(=O)O)C(=O)c1ccc(F)cc1. The van der Waals surface area contributed by atoms with Crippen LogP contribution in [0.15, 0.2) is 24.3 Å². The molecule has 4 nitrogen and oxygen atoms in total. The summed E-state index contributed by atoms with van der Waals surface area (Å²) < 4.78 is 13.0. The van der Waals surface area contributed by atoms with Crippen LogP contribution in [-0.2, 0) is 4.79 Å². The highest BCUT2D eigenvalue weighted by Crippen LogP contribution is 2.16. The minimum atomic E-state index is -0.994. The van der Waals surface area contributed by atoms with Crippen molar-refractivity contribution >= 4 is 11.8 Å². The van der Waals surface area contributed by atoms with Crippen LogP contribution in [0.25, 0.3) is 0 Å². The van der Waals surface area contributed by atoms with Crippen molar-refractivity contribution in [3.05, 3.63) is 35.6 Å². The number of carboxylic acids is 1. The van der Waals surface area contributed by atoms with Crippen LogP contribution >= 0.6 is 0 Å². The van der Waals surface area contributed by atoms with Crippen molar-refractivity contribution in [2.24, 2.45) is 5.92 Å². The maximum Gasteiger partial charge on any atom is 0.304 e. The summed E-state index contributed by atoms with van der Waals surface area (Å²) in [5.41, 5.74) is 0.360. The summed E-state index contributed by atoms with van der Waals surface area (Å²) in [7, 11) is 0. The highest BCUT2D eigenvalue weighted by atomic mass is 19.1. The first-order chi connectivity index (χ1) is 10.5. The molecule has 0 spiro atoms. The van der Waals surface area contributed by atoms with E-state index in [-0.39, 0.29) is 12.2 Å². The lowest BCUT2D eigenvalue weighted by Crippen LogP contribution is -2.35. The molecule has 22 heavy (non-hydrogen) atoms. The van der Waals surface area contributed by atoms with E-state index in [1.807, 2.05) is 6.92 Å². The van der Waals surface area contributed by atoms with Crippen LogP contribution in [-0.4, -0.2) is 41.4 Å². The predicted octanol–water partition coefficient (Wildman–Crippen LogP) is 3.22. The second kappa shape index (κ2) is 9.30. The van der Waals surface area contributed by atoms with E-state index in [0.717, 1.165) is 25.9 Å². The highest BCUT2D eigenvalue weighted by molar-refractivity contribution is 5.99. The zero-order valence-corrected chi connectivity index (χ0v) is 13.2. The first-order valence-electron chi connectivity index (χ1n) is 7.71. The lowest BCUT2D eigenvalue weighted by atomic mass is 9.93. The number of carbonyl (C=O) groups is 2. The molecule has 1 aromatic carbocycles. The van der Waals surface area contributed by atoms with Crippen molar-refractivity contribution in [2.45, 2.75) is 33.1 Å². The Kier molecular flexibility index (Phi) is 7.74. The minimum Gasteiger partial charge on any atom is -0.481 e. The molecule has 1 aromatic rings. The maximum absolute atomic E-state index is 13.0. The maximum atomic E-state index is 13.0. The van der Waals surface area contributed by atoms with Crippen LogP contribution in [0.4, 0.5) is 4.39 Å². The third kappa shape index (κ3) is 5.93. The van der Waals surface area contributed by atoms with E-state index < -0.39 is 17.7 Å². The second-order valence-corrected chi connectivity index (χ2v) is 5.41. The fourth-order valence-corrected chi connectivity index (χ4v) is 2.37. The number of ketones is 1. The van der Waals surface area contributed by atoms with Crippen LogP contribution in [0, 0.1) is 11.7 Å². The van der Waals surface area contributed by atoms with Crippen LogP contribution in [0.1, 0.15) is 43.5 Å². The van der Waals surface area contributed by atoms with Gasteiger partial charge >= 0.3 is 5.97 Å². The molecule has 1 N–H and O–H groups in total. The van der Waals surface area contributed by atoms with Gasteiger partial charge in [0, 0.05) is 18.0 Å². The molecule has 5 heteroatoms. The summed E-state index contributed by atoms with van der Waals surface area (Å²) >= 11 is 0. The number of nitrogens with zero attached hydrogens (tertiary/aromatic N) is 1. The summed E-state index contributed by atoms with van der Waals surface area (Å²) in [5.74, 6) is -2.26. The van der Waals surface area contributed by atoms with Gasteiger partial charge in [-0.25, -0.2) is 4.39 Å². The molecule has 1 rings (SSSR count). The lowest BCUT2D eigenvalue weighted by Gasteiger charge is -2.25. The van der Waals surface area contributed by atoms with Crippen molar-refractivity contribution in [1.82, 2.24) is 4.90 Å². The zero-order valence-electron chi connectivity index (χ0n) is 13.2. The highest BCUT2D eigenvalue weighted by Gasteiger charge is 2.25. The molecule has 0 aromatic heterocycles. The summed E-state index contributed by atoms with van der Waals surface area (Å²) in [6.07, 6.45) is 1.85. The third-order valence-electron chi connectivity index (χ3n) is 3.67. The molecular weight excluding hydrogens is 285 g/mol. The number of hydrogen-bond acceptors (Lipinski definition) is 3. The Balaban J connectivity index is 2.84. The summed E-state index contributed by atoms with van der Waals surface area (Å²) in [6.45, 7) is 6.12. The Morgan fingerprint density at radius 2 is 1.86 bits per heavy atom. The average Bonchev–Trinajstić information content (AvgIpc) is 2.50. The van der Waals surface area contributed by atoms with Gasteiger partial charge in [0.2, 0.25) is 0 Å². The first kappa shape index (κ1) is 18.3. The van der Waals surface area contributed by atoms with E-state index >= 15 is 0 Å². The van der Waals surface area contributed by atoms with E-state index in [1.54, 1.807) is 0 Å². The Hall–Kier alpha value is -1.75. The number of benzene rings is 1. The number of Topliss-reactive ketones (excluding diaryl/α,β-unsaturated/α-hetero) is 1. The van der Waals surface area contributed by atoms with Gasteiger partial charge in [-0.3, -0.25) is 9.59 Å². The smallest absolute Gasteiger partial charge is 0.304 e. The standard InChI is InChI=1S/C17H24FNO3/c1-3-5-10-19(4-2)12-14(11-16(20)21)17(22)13-6-8-15(18)9-7-13/h6-9,14H,3-5,10-12H2,1-2H3,(H,20,21). The molecule has 0 bridgehead atoms. The van der Waals surface area contributed by atoms with Gasteiger partial charge in [-0.2, -0.15) is 0 Å². The van der Waals surface area contributed by atoms with Gasteiger partial charge in [0.05, 0.1) is 6.42 Å². The number of hydrogen-bond donors (Lipinski definition) is 1. The molecule has 1 unspecified atom stereocenters. The minimum absolute atomic E-state index is 0.209. The Labute approximate surface area is 130 Å². The molecule has 0 saturated heterocycles. The second-order valence-electron chi connectivity index (χ2n) is 5.41. The van der Waals surface area contributed by atoms with Crippen molar-refractivity contribution in [3.8, 4) is 0 Å². The van der Waals surface area contributed by atoms with Crippen LogP contribution < -0.4 is 0 Å². The molecule has 0 saturated carbocycles. The van der Waals surface area contributed by atoms with Gasteiger partial charge in [0.15, 0.2) is 5.78 Å². The van der Waals surface area contributed by atoms with Crippen LogP contribution in [0.5, 0.6) is 0 Å². The molecule has 0 aliphatic carbocycles. The molecule has 0 fully saturated rings. The van der Waals surface area contributed by atoms with E-state index in [2.05, 4.69) is 11.8 Å². The van der Waals surface area contributed by atoms with E-state index in [9.17, 15) is 14.0 Å². The molecule has 0 heterocycles. The van der Waals surface area contributed by atoms with Gasteiger partial charge in [-0.1, -0.05) is 20.3 Å². The topological polar surface area (TPSA) is 57.6 Å². The lowest BCUT2D eigenvalue weighted by molar-refractivity contribution is -0.137. The number of carboxylic acid groups (broad SMARTS) is 1. The molecule has 0 aliphatic rings. The number of unbranched alkanes of at least 4 members (excludes halogenated alkanes) is 1. The molecule has 1 atom stereocenters. The van der Waals surface area contributed by atoms with Crippen molar-refractivity contribution < 1.29 is 19.1 Å². The Bertz CT molecular complexity index is 487. The van der Waals surface area contributed by atoms with Crippen molar-refractivity contribution in [2.75, 3.05) is 19.6 Å². The third-order valence-corrected chi connectivity index (χ3v) is 3.67. The van der Waals surface area contributed by atoms with Gasteiger partial charge in [0.25, 0.3) is 0 Å². The van der Waals surface area contributed by atoms with Crippen LogP contribution in [0.3, 0.4) is 0 Å². The van der Waals surface area contributed by atoms with Gasteiger partial charge in [-0.05, 0) is 43.8 Å². The van der Waals surface area contributed by atoms with E-state index in [1.165, 1.54) is 24.3 Å². The Morgan fingerprint density at radius 1 is 1.23 bits per heavy atom. The predicted molar refractivity (Wildman–Crippen MR) is 83.5 cm³/mol. The summed E-state index contributed by atoms with van der Waals surface area (Å²) in [5, 5.41) is 9.05. The first-order valence-corrected chi connectivity index (χ1v) is 7.71. The number of halogens is 1. The van der Waals surface area contributed by atoms with Gasteiger partial charge in [0.1, 0.15) is 5.82 Å². The van der Waals surface area contributed by atoms with Crippen molar-refractivity contribution in [3.63, 3.8) is 0 Å². The van der Waals surface area contributed by atoms with E-state index in [0.29, 0.717) is 12.1 Å². The fraction of sp³-hybridized carbons (Fsp3) is 0.529. The van der Waals surface area contributed by atoms with Crippen LogP contribution in [0.2, 0.25) is 0 Å². The van der Waals surface area contributed by atoms with E-state index in [4.69, 9.17) is 5.11 Å². The fourth-order valence-electron chi connectivity index (χ4n) is 2.37. The number of carbonyl (C=O) groups excluding carboxylic acids is 1. The van der Waals surface area contributed by atoms with Gasteiger partial charge < -0.3 is 10.0 Å². The quantitative estimate of drug-likeness (QED) is 0.674. The zero-order chi connectivity index (χ0) is 16.5. The largest absolute Gasteiger partial charge is 0.481 e. The average molecular weight is 309 g/mol. The van der Waals surface area contributed by atoms with Crippen molar-refractivity contribution in [1.29, 1.82) is 0 Å². The normalized spacial score (nSPS) is 12.4. The summed E-state index contributed by atoms with van der Waals surface area (Å²) in [6, 6.07) is 5.27. The summed E-state index contributed by atoms with van der Waals surface area (Å²) in [4.78, 5) is 25.7. The molecule has 122 valence electrons. The molecule has 0 radical (unpaired) electrons. The molecular formula is C17H24FNO3. The molecule has 0 aliphatic heterocycles. The molecule has 0 amide bonds. The number of aliphatic carboxylic acids is 1.